The molecule has 0 atom stereocenters. The van der Waals surface area contributed by atoms with Crippen molar-refractivity contribution in [3.8, 4) is 0 Å². The van der Waals surface area contributed by atoms with Crippen LogP contribution in [-0.4, -0.2) is 45.2 Å². The van der Waals surface area contributed by atoms with Crippen molar-refractivity contribution >= 4 is 23.2 Å². The third-order valence-electron chi connectivity index (χ3n) is 5.54. The lowest BCUT2D eigenvalue weighted by molar-refractivity contribution is -0.135. The molecule has 8 nitrogen and oxygen atoms in total. The first-order valence-corrected chi connectivity index (χ1v) is 10.1. The number of hydrogen-bond acceptors (Lipinski definition) is 7. The zero-order valence-corrected chi connectivity index (χ0v) is 17.9. The van der Waals surface area contributed by atoms with Crippen LogP contribution in [-0.2, 0) is 22.4 Å². The van der Waals surface area contributed by atoms with Crippen LogP contribution < -0.4 is 0 Å². The molecule has 2 aliphatic rings. The van der Waals surface area contributed by atoms with Gasteiger partial charge in [0.15, 0.2) is 11.6 Å². The van der Waals surface area contributed by atoms with Crippen LogP contribution in [0.2, 0.25) is 0 Å². The summed E-state index contributed by atoms with van der Waals surface area (Å²) in [4.78, 5) is 40.2. The van der Waals surface area contributed by atoms with Gasteiger partial charge in [-0.1, -0.05) is 32.9 Å². The highest BCUT2D eigenvalue weighted by atomic mass is 16.5. The average molecular weight is 416 g/mol. The number of rotatable bonds is 5. The first kappa shape index (κ1) is 21.9. The van der Waals surface area contributed by atoms with E-state index >= 15 is 0 Å². The van der Waals surface area contributed by atoms with Gasteiger partial charge in [0.2, 0.25) is 0 Å². The molecule has 1 saturated carbocycles. The van der Waals surface area contributed by atoms with Crippen LogP contribution in [0.1, 0.15) is 75.2 Å². The number of aliphatic imine (C=N–C) groups is 1. The number of ketones is 2. The number of carboxylic acids is 1. The second-order valence-corrected chi connectivity index (χ2v) is 9.79. The molecule has 1 aromatic rings. The van der Waals surface area contributed by atoms with Crippen LogP contribution in [0.3, 0.4) is 0 Å². The summed E-state index contributed by atoms with van der Waals surface area (Å²) < 4.78 is 5.38. The molecule has 0 radical (unpaired) electrons. The van der Waals surface area contributed by atoms with Crippen LogP contribution in [0, 0.1) is 10.8 Å². The van der Waals surface area contributed by atoms with Gasteiger partial charge in [0, 0.05) is 32.1 Å². The minimum absolute atomic E-state index is 0.0242. The van der Waals surface area contributed by atoms with Crippen molar-refractivity contribution < 1.29 is 29.1 Å². The summed E-state index contributed by atoms with van der Waals surface area (Å²) in [5.41, 5.74) is 0.842. The van der Waals surface area contributed by atoms with Gasteiger partial charge >= 0.3 is 5.97 Å². The molecule has 1 fully saturated rings. The van der Waals surface area contributed by atoms with Gasteiger partial charge in [-0.15, -0.1) is 0 Å². The highest BCUT2D eigenvalue weighted by molar-refractivity contribution is 6.24. The Kier molecular flexibility index (Phi) is 5.71. The lowest BCUT2D eigenvalue weighted by Crippen LogP contribution is -2.33. The number of aliphatic hydroxyl groups is 1. The van der Waals surface area contributed by atoms with Gasteiger partial charge in [-0.25, -0.2) is 0 Å². The molecule has 8 heteroatoms. The summed E-state index contributed by atoms with van der Waals surface area (Å²) in [6.07, 6.45) is 1.99. The second-order valence-electron chi connectivity index (χ2n) is 9.79. The molecule has 0 spiro atoms. The quantitative estimate of drug-likeness (QED) is 0.555. The number of aryl methyl sites for hydroxylation is 1. The monoisotopic (exact) mass is 416 g/mol. The van der Waals surface area contributed by atoms with Gasteiger partial charge in [0.1, 0.15) is 18.1 Å². The number of carbonyl (C=O) groups is 3. The second kappa shape index (κ2) is 7.81. The fourth-order valence-corrected chi connectivity index (χ4v) is 4.27. The van der Waals surface area contributed by atoms with Crippen LogP contribution >= 0.6 is 0 Å². The van der Waals surface area contributed by atoms with E-state index in [0.717, 1.165) is 0 Å². The molecule has 3 rings (SSSR count). The smallest absolute Gasteiger partial charge is 0.325 e. The van der Waals surface area contributed by atoms with Gasteiger partial charge in [-0.2, -0.15) is 0 Å². The van der Waals surface area contributed by atoms with Gasteiger partial charge in [-0.05, 0) is 17.3 Å². The first-order chi connectivity index (χ1) is 13.9. The predicted octanol–water partition coefficient (Wildman–Crippen LogP) is 3.49. The number of Topliss-reactive ketones (excluding diaryl/α,β-unsaturated/α-hetero) is 2. The number of aliphatic carboxylic acids is 1. The Balaban J connectivity index is 1.85. The van der Waals surface area contributed by atoms with E-state index in [1.807, 2.05) is 27.7 Å². The van der Waals surface area contributed by atoms with E-state index in [4.69, 9.17) is 9.63 Å². The van der Waals surface area contributed by atoms with Crippen LogP contribution in [0.5, 0.6) is 0 Å². The molecular weight excluding hydrogens is 388 g/mol. The summed E-state index contributed by atoms with van der Waals surface area (Å²) in [6.45, 7) is 7.35. The molecule has 0 bridgehead atoms. The van der Waals surface area contributed by atoms with E-state index in [9.17, 15) is 19.5 Å². The van der Waals surface area contributed by atoms with Crippen LogP contribution in [0.25, 0.3) is 0 Å². The van der Waals surface area contributed by atoms with Crippen LogP contribution in [0.15, 0.2) is 20.8 Å². The van der Waals surface area contributed by atoms with Crippen LogP contribution in [0.4, 0.5) is 0 Å². The first-order valence-electron chi connectivity index (χ1n) is 10.1. The van der Waals surface area contributed by atoms with E-state index in [2.05, 4.69) is 10.1 Å². The Labute approximate surface area is 175 Å². The van der Waals surface area contributed by atoms with Crippen molar-refractivity contribution in [1.29, 1.82) is 0 Å². The predicted molar refractivity (Wildman–Crippen MR) is 109 cm³/mol. The number of nitrogens with zero attached hydrogens (tertiary/aromatic N) is 2. The van der Waals surface area contributed by atoms with Gasteiger partial charge in [0.25, 0.3) is 0 Å². The van der Waals surface area contributed by atoms with Crippen molar-refractivity contribution in [2.45, 2.75) is 66.2 Å². The molecule has 1 aromatic heterocycles. The normalized spacial score (nSPS) is 23.4. The van der Waals surface area contributed by atoms with E-state index in [1.165, 1.54) is 0 Å². The third-order valence-corrected chi connectivity index (χ3v) is 5.54. The lowest BCUT2D eigenvalue weighted by atomic mass is 9.73. The molecule has 30 heavy (non-hydrogen) atoms. The molecule has 0 aromatic carbocycles. The number of aliphatic hydroxyl groups excluding tert-OH is 1. The molecule has 0 aliphatic heterocycles. The molecule has 2 aliphatic carbocycles. The molecule has 0 unspecified atom stereocenters. The maximum atomic E-state index is 12.7. The summed E-state index contributed by atoms with van der Waals surface area (Å²) in [7, 11) is 0. The van der Waals surface area contributed by atoms with E-state index in [1.54, 1.807) is 0 Å². The standard InChI is InChI=1S/C22H28N2O6/c1-21(2)7-13(23-11-18(28)29)19(15(26)8-21)14(25)6-5-12-20-16(27)9-22(3,4)10-17(20)30-24-12/h25H,5-11H2,1-4H3,(H,28,29)/b19-14-,23-13?. The summed E-state index contributed by atoms with van der Waals surface area (Å²) >= 11 is 0. The molecule has 0 amide bonds. The third kappa shape index (κ3) is 4.68. The molecule has 2 N–H and O–H groups in total. The topological polar surface area (TPSA) is 130 Å². The van der Waals surface area contributed by atoms with Crippen molar-refractivity contribution in [2.24, 2.45) is 15.8 Å². The highest BCUT2D eigenvalue weighted by Gasteiger charge is 2.38. The van der Waals surface area contributed by atoms with Crippen molar-refractivity contribution in [3.63, 3.8) is 0 Å². The zero-order chi connectivity index (χ0) is 22.3. The van der Waals surface area contributed by atoms with E-state index < -0.39 is 12.5 Å². The summed E-state index contributed by atoms with van der Waals surface area (Å²) in [5.74, 6) is -0.970. The number of carboxylic acid groups (broad SMARTS) is 1. The Morgan fingerprint density at radius 1 is 1.03 bits per heavy atom. The highest BCUT2D eigenvalue weighted by Crippen LogP contribution is 2.38. The van der Waals surface area contributed by atoms with Gasteiger partial charge < -0.3 is 14.7 Å². The Morgan fingerprint density at radius 3 is 2.33 bits per heavy atom. The molecule has 1 heterocycles. The maximum absolute atomic E-state index is 12.7. The number of fused-ring (bicyclic) bond motifs is 1. The Bertz CT molecular complexity index is 964. The van der Waals surface area contributed by atoms with Gasteiger partial charge in [0.05, 0.1) is 22.5 Å². The Morgan fingerprint density at radius 2 is 1.67 bits per heavy atom. The Hall–Kier alpha value is -2.77. The number of carbonyl (C=O) groups excluding carboxylic acids is 2. The maximum Gasteiger partial charge on any atom is 0.325 e. The lowest BCUT2D eigenvalue weighted by Gasteiger charge is -2.31. The van der Waals surface area contributed by atoms with Gasteiger partial charge in [-0.3, -0.25) is 19.4 Å². The van der Waals surface area contributed by atoms with Crippen molar-refractivity contribution in [2.75, 3.05) is 6.54 Å². The average Bonchev–Trinajstić information content (AvgIpc) is 2.98. The zero-order valence-electron chi connectivity index (χ0n) is 17.9. The largest absolute Gasteiger partial charge is 0.511 e. The minimum Gasteiger partial charge on any atom is -0.511 e. The fourth-order valence-electron chi connectivity index (χ4n) is 4.27. The summed E-state index contributed by atoms with van der Waals surface area (Å²) in [5, 5.41) is 23.7. The molecule has 162 valence electrons. The number of allylic oxidation sites excluding steroid dienone is 2. The number of aromatic nitrogens is 1. The molecular formula is C22H28N2O6. The van der Waals surface area contributed by atoms with E-state index in [0.29, 0.717) is 42.0 Å². The minimum atomic E-state index is -1.10. The van der Waals surface area contributed by atoms with Crippen molar-refractivity contribution in [3.05, 3.63) is 28.3 Å². The van der Waals surface area contributed by atoms with E-state index in [-0.39, 0.29) is 53.0 Å². The number of hydrogen-bond donors (Lipinski definition) is 2. The SMILES string of the molecule is CC1(C)CC(=O)/C(=C(\O)CCc2noc3c2C(=O)CC(C)(C)C3)C(=NCC(=O)O)C1. The summed E-state index contributed by atoms with van der Waals surface area (Å²) in [6, 6.07) is 0. The fraction of sp³-hybridized carbons (Fsp3) is 0.591. The van der Waals surface area contributed by atoms with Crippen molar-refractivity contribution in [1.82, 2.24) is 5.16 Å². The molecule has 0 saturated heterocycles.